The standard InChI is InChI=1S/C32H44N2O5S/c1-4-23-9-11-26(12-10-23)34(21-22(2)3)40(37,38)27-13-14-30-28(19-27)29(35)20-31(39-30)24-15-17-33(18-16-24)32(36)25-7-5-6-8-25/h9-14,19,22,24-25,29,31,35H,4-8,15-18,20-21H2,1-3H3. The molecule has 3 aliphatic rings. The number of rotatable bonds is 8. The molecule has 1 saturated carbocycles. The minimum absolute atomic E-state index is 0.132. The van der Waals surface area contributed by atoms with Gasteiger partial charge in [-0.15, -0.1) is 0 Å². The maximum atomic E-state index is 13.9. The number of carbonyl (C=O) groups is 1. The van der Waals surface area contributed by atoms with Gasteiger partial charge in [0.2, 0.25) is 5.91 Å². The van der Waals surface area contributed by atoms with Crippen LogP contribution >= 0.6 is 0 Å². The van der Waals surface area contributed by atoms with Gasteiger partial charge in [0.1, 0.15) is 11.9 Å². The first-order chi connectivity index (χ1) is 19.2. The summed E-state index contributed by atoms with van der Waals surface area (Å²) in [5.74, 6) is 1.45. The lowest BCUT2D eigenvalue weighted by Gasteiger charge is -2.40. The topological polar surface area (TPSA) is 87.2 Å². The quantitative estimate of drug-likeness (QED) is 0.441. The maximum Gasteiger partial charge on any atom is 0.264 e. The van der Waals surface area contributed by atoms with Crippen molar-refractivity contribution >= 4 is 21.6 Å². The van der Waals surface area contributed by atoms with Gasteiger partial charge >= 0.3 is 0 Å². The molecule has 2 heterocycles. The highest BCUT2D eigenvalue weighted by Crippen LogP contribution is 2.41. The van der Waals surface area contributed by atoms with E-state index in [1.807, 2.05) is 43.0 Å². The van der Waals surface area contributed by atoms with Gasteiger partial charge in [-0.3, -0.25) is 9.10 Å². The Kier molecular flexibility index (Phi) is 8.76. The van der Waals surface area contributed by atoms with E-state index < -0.39 is 16.1 Å². The summed E-state index contributed by atoms with van der Waals surface area (Å²) < 4.78 is 35.6. The fourth-order valence-corrected chi connectivity index (χ4v) is 8.19. The van der Waals surface area contributed by atoms with Crippen molar-refractivity contribution in [2.24, 2.45) is 17.8 Å². The fraction of sp³-hybridized carbons (Fsp3) is 0.594. The van der Waals surface area contributed by atoms with Crippen LogP contribution in [0.4, 0.5) is 5.69 Å². The van der Waals surface area contributed by atoms with Gasteiger partial charge < -0.3 is 14.7 Å². The lowest BCUT2D eigenvalue weighted by atomic mass is 9.85. The summed E-state index contributed by atoms with van der Waals surface area (Å²) >= 11 is 0. The molecule has 1 saturated heterocycles. The summed E-state index contributed by atoms with van der Waals surface area (Å²) in [6.45, 7) is 7.92. The van der Waals surface area contributed by atoms with Crippen molar-refractivity contribution in [1.82, 2.24) is 4.90 Å². The molecule has 0 spiro atoms. The van der Waals surface area contributed by atoms with Crippen LogP contribution in [0.1, 0.15) is 82.9 Å². The summed E-state index contributed by atoms with van der Waals surface area (Å²) in [5.41, 5.74) is 2.32. The summed E-state index contributed by atoms with van der Waals surface area (Å²) in [6.07, 6.45) is 6.43. The van der Waals surface area contributed by atoms with Crippen LogP contribution < -0.4 is 9.04 Å². The second kappa shape index (κ2) is 12.1. The summed E-state index contributed by atoms with van der Waals surface area (Å²) in [6, 6.07) is 12.6. The monoisotopic (exact) mass is 568 g/mol. The Labute approximate surface area is 239 Å². The predicted octanol–water partition coefficient (Wildman–Crippen LogP) is 5.71. The number of aryl methyl sites for hydroxylation is 1. The second-order valence-electron chi connectivity index (χ2n) is 12.2. The molecule has 7 nitrogen and oxygen atoms in total. The molecule has 5 rings (SSSR count). The van der Waals surface area contributed by atoms with Gasteiger partial charge in [-0.1, -0.05) is 45.7 Å². The number of likely N-dealkylation sites (tertiary alicyclic amines) is 1. The lowest BCUT2D eigenvalue weighted by Crippen LogP contribution is -2.45. The number of carbonyl (C=O) groups excluding carboxylic acids is 1. The van der Waals surface area contributed by atoms with Crippen LogP contribution in [0.2, 0.25) is 0 Å². The number of hydrogen-bond donors (Lipinski definition) is 1. The molecule has 218 valence electrons. The highest BCUT2D eigenvalue weighted by molar-refractivity contribution is 7.92. The molecule has 2 aliphatic heterocycles. The predicted molar refractivity (Wildman–Crippen MR) is 157 cm³/mol. The molecule has 2 atom stereocenters. The number of aliphatic hydroxyl groups excluding tert-OH is 1. The molecule has 0 radical (unpaired) electrons. The first kappa shape index (κ1) is 28.9. The molecule has 2 unspecified atom stereocenters. The smallest absolute Gasteiger partial charge is 0.264 e. The van der Waals surface area contributed by atoms with Gasteiger partial charge in [0.05, 0.1) is 16.7 Å². The Morgan fingerprint density at radius 3 is 2.35 bits per heavy atom. The highest BCUT2D eigenvalue weighted by atomic mass is 32.2. The van der Waals surface area contributed by atoms with Crippen molar-refractivity contribution in [2.75, 3.05) is 23.9 Å². The van der Waals surface area contributed by atoms with E-state index in [0.29, 0.717) is 35.9 Å². The zero-order valence-corrected chi connectivity index (χ0v) is 24.9. The van der Waals surface area contributed by atoms with E-state index in [-0.39, 0.29) is 28.8 Å². The molecule has 2 aromatic rings. The Morgan fingerprint density at radius 1 is 1.05 bits per heavy atom. The summed E-state index contributed by atoms with van der Waals surface area (Å²) in [4.78, 5) is 15.0. The average molecular weight is 569 g/mol. The van der Waals surface area contributed by atoms with E-state index in [9.17, 15) is 18.3 Å². The van der Waals surface area contributed by atoms with Gasteiger partial charge in [0.15, 0.2) is 0 Å². The van der Waals surface area contributed by atoms with Crippen LogP contribution in [0.5, 0.6) is 5.75 Å². The molecule has 40 heavy (non-hydrogen) atoms. The van der Waals surface area contributed by atoms with E-state index in [4.69, 9.17) is 4.74 Å². The number of benzene rings is 2. The first-order valence-electron chi connectivity index (χ1n) is 15.1. The Balaban J connectivity index is 1.30. The molecule has 1 amide bonds. The summed E-state index contributed by atoms with van der Waals surface area (Å²) in [7, 11) is -3.85. The third-order valence-electron chi connectivity index (χ3n) is 8.91. The van der Waals surface area contributed by atoms with Crippen molar-refractivity contribution in [1.29, 1.82) is 0 Å². The molecule has 1 N–H and O–H groups in total. The minimum atomic E-state index is -3.85. The van der Waals surface area contributed by atoms with Crippen LogP contribution in [-0.2, 0) is 21.2 Å². The number of amides is 1. The van der Waals surface area contributed by atoms with Gasteiger partial charge in [-0.05, 0) is 79.8 Å². The Bertz CT molecular complexity index is 1280. The van der Waals surface area contributed by atoms with Gasteiger partial charge in [-0.25, -0.2) is 8.42 Å². The first-order valence-corrected chi connectivity index (χ1v) is 16.5. The zero-order valence-electron chi connectivity index (χ0n) is 24.1. The Morgan fingerprint density at radius 2 is 1.73 bits per heavy atom. The average Bonchev–Trinajstić information content (AvgIpc) is 3.50. The SMILES string of the molecule is CCc1ccc(N(CC(C)C)S(=O)(=O)c2ccc3c(c2)C(O)CC(C2CCN(C(=O)C4CCCC4)CC2)O3)cc1. The van der Waals surface area contributed by atoms with Crippen LogP contribution in [0.25, 0.3) is 0 Å². The molecule has 2 fully saturated rings. The van der Waals surface area contributed by atoms with E-state index in [0.717, 1.165) is 63.6 Å². The van der Waals surface area contributed by atoms with Crippen LogP contribution in [0.3, 0.4) is 0 Å². The molecule has 0 bridgehead atoms. The van der Waals surface area contributed by atoms with Gasteiger partial charge in [0.25, 0.3) is 10.0 Å². The number of nitrogens with zero attached hydrogens (tertiary/aromatic N) is 2. The van der Waals surface area contributed by atoms with Crippen molar-refractivity contribution in [3.63, 3.8) is 0 Å². The number of sulfonamides is 1. The molecule has 8 heteroatoms. The fourth-order valence-electron chi connectivity index (χ4n) is 6.52. The van der Waals surface area contributed by atoms with Crippen LogP contribution in [-0.4, -0.2) is 50.1 Å². The number of piperidine rings is 1. The third-order valence-corrected chi connectivity index (χ3v) is 10.7. The molecule has 0 aromatic heterocycles. The summed E-state index contributed by atoms with van der Waals surface area (Å²) in [5, 5.41) is 11.1. The number of fused-ring (bicyclic) bond motifs is 1. The van der Waals surface area contributed by atoms with E-state index in [1.54, 1.807) is 18.2 Å². The van der Waals surface area contributed by atoms with Gasteiger partial charge in [0, 0.05) is 37.5 Å². The highest BCUT2D eigenvalue weighted by Gasteiger charge is 2.37. The molecule has 1 aliphatic carbocycles. The Hall–Kier alpha value is -2.58. The van der Waals surface area contributed by atoms with Crippen molar-refractivity contribution in [2.45, 2.75) is 89.2 Å². The maximum absolute atomic E-state index is 13.9. The second-order valence-corrected chi connectivity index (χ2v) is 14.1. The normalized spacial score (nSPS) is 22.3. The van der Waals surface area contributed by atoms with E-state index in [1.165, 1.54) is 4.31 Å². The van der Waals surface area contributed by atoms with E-state index >= 15 is 0 Å². The van der Waals surface area contributed by atoms with Crippen LogP contribution in [0, 0.1) is 17.8 Å². The number of hydrogen-bond acceptors (Lipinski definition) is 5. The molecular formula is C32H44N2O5S. The zero-order chi connectivity index (χ0) is 28.4. The number of ether oxygens (including phenoxy) is 1. The number of aliphatic hydroxyl groups is 1. The van der Waals surface area contributed by atoms with Crippen molar-refractivity contribution < 1.29 is 23.1 Å². The molecular weight excluding hydrogens is 524 g/mol. The van der Waals surface area contributed by atoms with Crippen LogP contribution in [0.15, 0.2) is 47.4 Å². The van der Waals surface area contributed by atoms with Crippen molar-refractivity contribution in [3.8, 4) is 5.75 Å². The lowest BCUT2D eigenvalue weighted by molar-refractivity contribution is -0.137. The molecule has 2 aromatic carbocycles. The largest absolute Gasteiger partial charge is 0.490 e. The van der Waals surface area contributed by atoms with E-state index in [2.05, 4.69) is 6.92 Å². The van der Waals surface area contributed by atoms with Crippen molar-refractivity contribution in [3.05, 3.63) is 53.6 Å². The number of anilines is 1. The van der Waals surface area contributed by atoms with Gasteiger partial charge in [-0.2, -0.15) is 0 Å². The minimum Gasteiger partial charge on any atom is -0.490 e. The third kappa shape index (κ3) is 6.03.